The van der Waals surface area contributed by atoms with Gasteiger partial charge in [-0.05, 0) is 43.2 Å². The molecular weight excluding hydrogens is 204 g/mol. The Hall–Kier alpha value is -1.04. The predicted molar refractivity (Wildman–Crippen MR) is 78.1 cm³/mol. The zero-order chi connectivity index (χ0) is 12.7. The van der Waals surface area contributed by atoms with Gasteiger partial charge in [0.2, 0.25) is 0 Å². The van der Waals surface area contributed by atoms with E-state index in [1.165, 1.54) is 30.4 Å². The molecule has 1 aromatic rings. The lowest BCUT2D eigenvalue weighted by atomic mass is 9.76. The van der Waals surface area contributed by atoms with Crippen LogP contribution in [0.4, 0.5) is 0 Å². The molecule has 0 heterocycles. The largest absolute Gasteiger partial charge is 0.0807 e. The molecular formula is C17H26. The van der Waals surface area contributed by atoms with Gasteiger partial charge in [-0.3, -0.25) is 0 Å². The maximum atomic E-state index is 2.41. The van der Waals surface area contributed by atoms with E-state index in [9.17, 15) is 0 Å². The predicted octanol–water partition coefficient (Wildman–Crippen LogP) is 5.61. The highest BCUT2D eigenvalue weighted by molar-refractivity contribution is 5.68. The summed E-state index contributed by atoms with van der Waals surface area (Å²) in [5.74, 6) is 0.840. The second kappa shape index (κ2) is 7.32. The van der Waals surface area contributed by atoms with Crippen molar-refractivity contribution in [1.82, 2.24) is 0 Å². The summed E-state index contributed by atoms with van der Waals surface area (Å²) in [5, 5.41) is 0. The average Bonchev–Trinajstić information content (AvgIpc) is 2.30. The van der Waals surface area contributed by atoms with E-state index in [1.807, 2.05) is 13.8 Å². The van der Waals surface area contributed by atoms with E-state index in [0.717, 1.165) is 12.3 Å². The minimum absolute atomic E-state index is 0.840. The van der Waals surface area contributed by atoms with Gasteiger partial charge in [0.05, 0.1) is 0 Å². The third kappa shape index (κ3) is 3.73. The Morgan fingerprint density at radius 2 is 1.76 bits per heavy atom. The molecule has 17 heavy (non-hydrogen) atoms. The molecule has 1 fully saturated rings. The molecule has 0 nitrogen and oxygen atoms in total. The smallest absolute Gasteiger partial charge is 0.0159 e. The van der Waals surface area contributed by atoms with Gasteiger partial charge in [-0.1, -0.05) is 63.1 Å². The van der Waals surface area contributed by atoms with Crippen molar-refractivity contribution in [2.45, 2.75) is 53.4 Å². The molecule has 1 aliphatic carbocycles. The quantitative estimate of drug-likeness (QED) is 0.632. The first-order valence-corrected chi connectivity index (χ1v) is 7.08. The summed E-state index contributed by atoms with van der Waals surface area (Å²) in [7, 11) is 0. The van der Waals surface area contributed by atoms with Crippen LogP contribution in [0.5, 0.6) is 0 Å². The Morgan fingerprint density at radius 3 is 2.18 bits per heavy atom. The fourth-order valence-corrected chi connectivity index (χ4v) is 2.21. The molecule has 0 radical (unpaired) electrons. The third-order valence-corrected chi connectivity index (χ3v) is 3.35. The molecule has 0 amide bonds. The molecule has 0 spiro atoms. The Morgan fingerprint density at radius 1 is 1.18 bits per heavy atom. The summed E-state index contributed by atoms with van der Waals surface area (Å²) in [6, 6.07) is 8.99. The summed E-state index contributed by atoms with van der Waals surface area (Å²) in [5.41, 5.74) is 4.37. The van der Waals surface area contributed by atoms with Crippen LogP contribution in [0.2, 0.25) is 0 Å². The van der Waals surface area contributed by atoms with Crippen molar-refractivity contribution in [3.8, 4) is 0 Å². The van der Waals surface area contributed by atoms with E-state index in [1.54, 1.807) is 5.57 Å². The molecule has 0 aliphatic heterocycles. The molecule has 0 heteroatoms. The van der Waals surface area contributed by atoms with Crippen LogP contribution in [-0.4, -0.2) is 0 Å². The molecule has 2 rings (SSSR count). The molecule has 0 N–H and O–H groups in total. The number of hydrogen-bond acceptors (Lipinski definition) is 0. The van der Waals surface area contributed by atoms with E-state index in [4.69, 9.17) is 0 Å². The van der Waals surface area contributed by atoms with Crippen molar-refractivity contribution in [1.29, 1.82) is 0 Å². The molecule has 94 valence electrons. The number of aryl methyl sites for hydroxylation is 1. The first-order chi connectivity index (χ1) is 8.31. The number of rotatable bonds is 3. The second-order valence-electron chi connectivity index (χ2n) is 4.56. The lowest BCUT2D eigenvalue weighted by molar-refractivity contribution is 0.400. The first-order valence-electron chi connectivity index (χ1n) is 7.08. The summed E-state index contributed by atoms with van der Waals surface area (Å²) in [6.07, 6.45) is 7.76. The van der Waals surface area contributed by atoms with Crippen molar-refractivity contribution in [2.24, 2.45) is 5.92 Å². The summed E-state index contributed by atoms with van der Waals surface area (Å²) in [6.45, 7) is 8.38. The van der Waals surface area contributed by atoms with Crippen LogP contribution in [0.25, 0.3) is 5.57 Å². The van der Waals surface area contributed by atoms with Crippen LogP contribution in [0.3, 0.4) is 0 Å². The minimum Gasteiger partial charge on any atom is -0.0807 e. The number of hydrogen-bond donors (Lipinski definition) is 0. The molecule has 0 aromatic heterocycles. The fourth-order valence-electron chi connectivity index (χ4n) is 2.21. The van der Waals surface area contributed by atoms with Gasteiger partial charge in [-0.25, -0.2) is 0 Å². The first kappa shape index (κ1) is 14.0. The van der Waals surface area contributed by atoms with Crippen molar-refractivity contribution < 1.29 is 0 Å². The van der Waals surface area contributed by atoms with Gasteiger partial charge in [0.1, 0.15) is 0 Å². The van der Waals surface area contributed by atoms with Crippen LogP contribution >= 0.6 is 0 Å². The van der Waals surface area contributed by atoms with Gasteiger partial charge < -0.3 is 0 Å². The van der Waals surface area contributed by atoms with E-state index < -0.39 is 0 Å². The molecule has 0 bridgehead atoms. The maximum Gasteiger partial charge on any atom is -0.0159 e. The highest BCUT2D eigenvalue weighted by Crippen LogP contribution is 2.38. The van der Waals surface area contributed by atoms with Crippen molar-refractivity contribution >= 4 is 5.57 Å². The zero-order valence-corrected chi connectivity index (χ0v) is 11.8. The molecule has 1 saturated carbocycles. The van der Waals surface area contributed by atoms with Gasteiger partial charge in [0, 0.05) is 0 Å². The van der Waals surface area contributed by atoms with Crippen LogP contribution in [0.1, 0.15) is 57.6 Å². The van der Waals surface area contributed by atoms with Crippen LogP contribution in [0.15, 0.2) is 30.3 Å². The SMILES string of the molecule is CC.CC/C=C(/c1ccc(C)cc1)C1CCC1. The summed E-state index contributed by atoms with van der Waals surface area (Å²) < 4.78 is 0. The van der Waals surface area contributed by atoms with Gasteiger partial charge in [-0.2, -0.15) is 0 Å². The average molecular weight is 230 g/mol. The Labute approximate surface area is 107 Å². The van der Waals surface area contributed by atoms with Crippen LogP contribution in [0, 0.1) is 12.8 Å². The minimum atomic E-state index is 0.840. The highest BCUT2D eigenvalue weighted by atomic mass is 14.3. The zero-order valence-electron chi connectivity index (χ0n) is 11.8. The molecule has 0 atom stereocenters. The molecule has 0 saturated heterocycles. The topological polar surface area (TPSA) is 0 Å². The van der Waals surface area contributed by atoms with E-state index in [0.29, 0.717) is 0 Å². The van der Waals surface area contributed by atoms with E-state index >= 15 is 0 Å². The van der Waals surface area contributed by atoms with Gasteiger partial charge in [0.25, 0.3) is 0 Å². The summed E-state index contributed by atoms with van der Waals surface area (Å²) >= 11 is 0. The lowest BCUT2D eigenvalue weighted by Gasteiger charge is -2.28. The van der Waals surface area contributed by atoms with E-state index in [2.05, 4.69) is 44.2 Å². The Kier molecular flexibility index (Phi) is 6.04. The fraction of sp³-hybridized carbons (Fsp3) is 0.529. The number of benzene rings is 1. The Bertz CT molecular complexity index is 339. The van der Waals surface area contributed by atoms with Gasteiger partial charge in [0.15, 0.2) is 0 Å². The Balaban J connectivity index is 0.000000686. The molecule has 1 aromatic carbocycles. The van der Waals surface area contributed by atoms with Crippen LogP contribution in [-0.2, 0) is 0 Å². The summed E-state index contributed by atoms with van der Waals surface area (Å²) in [4.78, 5) is 0. The van der Waals surface area contributed by atoms with Crippen molar-refractivity contribution in [3.05, 3.63) is 41.5 Å². The highest BCUT2D eigenvalue weighted by Gasteiger charge is 2.22. The normalized spacial score (nSPS) is 15.9. The van der Waals surface area contributed by atoms with E-state index in [-0.39, 0.29) is 0 Å². The molecule has 1 aliphatic rings. The van der Waals surface area contributed by atoms with Crippen LogP contribution < -0.4 is 0 Å². The lowest BCUT2D eigenvalue weighted by Crippen LogP contribution is -2.13. The van der Waals surface area contributed by atoms with Gasteiger partial charge >= 0.3 is 0 Å². The van der Waals surface area contributed by atoms with Gasteiger partial charge in [-0.15, -0.1) is 0 Å². The maximum absolute atomic E-state index is 2.41. The second-order valence-corrected chi connectivity index (χ2v) is 4.56. The standard InChI is InChI=1S/C15H20.C2H6/c1-3-5-15(13-6-4-7-13)14-10-8-12(2)9-11-14;1-2/h5,8-11,13H,3-4,6-7H2,1-2H3;1-2H3/b15-5+;. The molecule has 0 unspecified atom stereocenters. The third-order valence-electron chi connectivity index (χ3n) is 3.35. The van der Waals surface area contributed by atoms with Crippen molar-refractivity contribution in [3.63, 3.8) is 0 Å². The number of allylic oxidation sites excluding steroid dienone is 2. The monoisotopic (exact) mass is 230 g/mol. The van der Waals surface area contributed by atoms with Crippen molar-refractivity contribution in [2.75, 3.05) is 0 Å².